The minimum absolute atomic E-state index is 0.0351. The number of carboxylic acids is 1. The van der Waals surface area contributed by atoms with Crippen LogP contribution < -0.4 is 14.8 Å². The molecule has 0 spiro atoms. The highest BCUT2D eigenvalue weighted by molar-refractivity contribution is 6.04. The van der Waals surface area contributed by atoms with Crippen molar-refractivity contribution < 1.29 is 24.2 Å². The summed E-state index contributed by atoms with van der Waals surface area (Å²) in [5.74, 6) is -0.451. The summed E-state index contributed by atoms with van der Waals surface area (Å²) in [5, 5.41) is 11.4. The van der Waals surface area contributed by atoms with Crippen LogP contribution >= 0.6 is 0 Å². The lowest BCUT2D eigenvalue weighted by Crippen LogP contribution is -2.14. The number of ether oxygens (including phenoxy) is 2. The molecule has 2 rings (SSSR count). The zero-order valence-electron chi connectivity index (χ0n) is 14.1. The summed E-state index contributed by atoms with van der Waals surface area (Å²) in [4.78, 5) is 31.2. The van der Waals surface area contributed by atoms with E-state index in [0.29, 0.717) is 12.5 Å². The topological polar surface area (TPSA) is 111 Å². The summed E-state index contributed by atoms with van der Waals surface area (Å²) < 4.78 is 10.6. The van der Waals surface area contributed by atoms with Crippen molar-refractivity contribution in [1.29, 1.82) is 0 Å². The van der Waals surface area contributed by atoms with Gasteiger partial charge < -0.3 is 19.9 Å². The van der Waals surface area contributed by atoms with E-state index in [1.165, 1.54) is 37.6 Å². The molecule has 0 aliphatic rings. The van der Waals surface area contributed by atoms with Crippen molar-refractivity contribution in [3.63, 3.8) is 0 Å². The Labute approximate surface area is 144 Å². The first-order valence-corrected chi connectivity index (χ1v) is 7.58. The molecule has 0 saturated carbocycles. The molecule has 2 aromatic heterocycles. The zero-order chi connectivity index (χ0) is 18.4. The van der Waals surface area contributed by atoms with Gasteiger partial charge >= 0.3 is 5.97 Å². The second-order valence-electron chi connectivity index (χ2n) is 5.63. The maximum Gasteiger partial charge on any atom is 0.337 e. The molecule has 0 aliphatic carbocycles. The lowest BCUT2D eigenvalue weighted by molar-refractivity contribution is 0.0696. The van der Waals surface area contributed by atoms with E-state index in [0.717, 1.165) is 0 Å². The van der Waals surface area contributed by atoms with Crippen molar-refractivity contribution in [3.05, 3.63) is 41.6 Å². The number of aromatic nitrogens is 2. The highest BCUT2D eigenvalue weighted by Crippen LogP contribution is 2.19. The molecule has 0 radical (unpaired) electrons. The van der Waals surface area contributed by atoms with Gasteiger partial charge in [-0.15, -0.1) is 0 Å². The molecule has 1 amide bonds. The zero-order valence-corrected chi connectivity index (χ0v) is 14.1. The Kier molecular flexibility index (Phi) is 5.89. The molecule has 0 unspecified atom stereocenters. The lowest BCUT2D eigenvalue weighted by Gasteiger charge is -2.11. The Hall–Kier alpha value is -3.16. The Morgan fingerprint density at radius 1 is 1.20 bits per heavy atom. The summed E-state index contributed by atoms with van der Waals surface area (Å²) in [6.07, 6.45) is 1.17. The fourth-order valence-corrected chi connectivity index (χ4v) is 1.83. The quantitative estimate of drug-likeness (QED) is 0.793. The van der Waals surface area contributed by atoms with Gasteiger partial charge in [0.15, 0.2) is 0 Å². The number of carbonyl (C=O) groups excluding carboxylic acids is 1. The number of aromatic carboxylic acids is 1. The standard InChI is InChI=1S/C17H19N3O5/c1-10(2)9-25-15-7-12(6-14(20-15)24-3)16(21)19-13-5-4-11(8-18-13)17(22)23/h4-8,10H,9H2,1-3H3,(H,22,23)(H,18,19,21). The number of nitrogens with one attached hydrogen (secondary N) is 1. The number of nitrogens with zero attached hydrogens (tertiary/aromatic N) is 2. The summed E-state index contributed by atoms with van der Waals surface area (Å²) in [6, 6.07) is 5.75. The molecule has 132 valence electrons. The third-order valence-electron chi connectivity index (χ3n) is 3.07. The van der Waals surface area contributed by atoms with Crippen molar-refractivity contribution in [1.82, 2.24) is 9.97 Å². The van der Waals surface area contributed by atoms with Gasteiger partial charge in [0, 0.05) is 18.3 Å². The number of pyridine rings is 2. The molecule has 0 aromatic carbocycles. The molecule has 0 atom stereocenters. The maximum atomic E-state index is 12.4. The van der Waals surface area contributed by atoms with Gasteiger partial charge in [-0.3, -0.25) is 4.79 Å². The number of anilines is 1. The van der Waals surface area contributed by atoms with Gasteiger partial charge in [0.25, 0.3) is 5.91 Å². The SMILES string of the molecule is COc1cc(C(=O)Nc2ccc(C(=O)O)cn2)cc(OCC(C)C)n1. The minimum atomic E-state index is -1.09. The normalized spacial score (nSPS) is 10.4. The van der Waals surface area contributed by atoms with Gasteiger partial charge in [0.05, 0.1) is 24.8 Å². The number of methoxy groups -OCH3 is 1. The van der Waals surface area contributed by atoms with Gasteiger partial charge in [0.2, 0.25) is 11.8 Å². The van der Waals surface area contributed by atoms with E-state index in [4.69, 9.17) is 14.6 Å². The first-order chi connectivity index (χ1) is 11.9. The van der Waals surface area contributed by atoms with Crippen molar-refractivity contribution in [2.75, 3.05) is 19.0 Å². The van der Waals surface area contributed by atoms with Crippen LogP contribution in [0.5, 0.6) is 11.8 Å². The fourth-order valence-electron chi connectivity index (χ4n) is 1.83. The first kappa shape index (κ1) is 18.2. The number of hydrogen-bond acceptors (Lipinski definition) is 6. The molecule has 2 aromatic rings. The average Bonchev–Trinajstić information content (AvgIpc) is 2.60. The van der Waals surface area contributed by atoms with Crippen molar-refractivity contribution >= 4 is 17.7 Å². The Morgan fingerprint density at radius 3 is 2.48 bits per heavy atom. The van der Waals surface area contributed by atoms with Crippen LogP contribution in [0.3, 0.4) is 0 Å². The van der Waals surface area contributed by atoms with Crippen LogP contribution in [0.1, 0.15) is 34.6 Å². The van der Waals surface area contributed by atoms with Crippen LogP contribution in [0.2, 0.25) is 0 Å². The molecular weight excluding hydrogens is 326 g/mol. The van der Waals surface area contributed by atoms with Crippen LogP contribution in [0.25, 0.3) is 0 Å². The number of hydrogen-bond donors (Lipinski definition) is 2. The third kappa shape index (κ3) is 5.17. The van der Waals surface area contributed by atoms with Gasteiger partial charge in [-0.25, -0.2) is 9.78 Å². The largest absolute Gasteiger partial charge is 0.481 e. The highest BCUT2D eigenvalue weighted by Gasteiger charge is 2.13. The van der Waals surface area contributed by atoms with E-state index in [-0.39, 0.29) is 28.7 Å². The van der Waals surface area contributed by atoms with Crippen molar-refractivity contribution in [3.8, 4) is 11.8 Å². The molecule has 8 nitrogen and oxygen atoms in total. The number of carboxylic acid groups (broad SMARTS) is 1. The third-order valence-corrected chi connectivity index (χ3v) is 3.07. The van der Waals surface area contributed by atoms with Gasteiger partial charge in [-0.1, -0.05) is 13.8 Å². The van der Waals surface area contributed by atoms with E-state index >= 15 is 0 Å². The van der Waals surface area contributed by atoms with Gasteiger partial charge in [0.1, 0.15) is 5.82 Å². The smallest absolute Gasteiger partial charge is 0.337 e. The summed E-state index contributed by atoms with van der Waals surface area (Å²) in [5.41, 5.74) is 0.322. The van der Waals surface area contributed by atoms with Crippen molar-refractivity contribution in [2.24, 2.45) is 5.92 Å². The van der Waals surface area contributed by atoms with Crippen LogP contribution in [-0.4, -0.2) is 40.7 Å². The number of amides is 1. The molecule has 0 fully saturated rings. The van der Waals surface area contributed by atoms with E-state index in [9.17, 15) is 9.59 Å². The molecule has 2 heterocycles. The average molecular weight is 345 g/mol. The molecule has 0 bridgehead atoms. The summed E-state index contributed by atoms with van der Waals surface area (Å²) in [7, 11) is 1.45. The lowest BCUT2D eigenvalue weighted by atomic mass is 10.2. The van der Waals surface area contributed by atoms with Gasteiger partial charge in [-0.05, 0) is 18.1 Å². The van der Waals surface area contributed by atoms with E-state index in [1.54, 1.807) is 0 Å². The second kappa shape index (κ2) is 8.09. The summed E-state index contributed by atoms with van der Waals surface area (Å²) >= 11 is 0. The Balaban J connectivity index is 2.16. The predicted molar refractivity (Wildman–Crippen MR) is 90.3 cm³/mol. The van der Waals surface area contributed by atoms with Crippen molar-refractivity contribution in [2.45, 2.75) is 13.8 Å². The molecule has 8 heteroatoms. The molecule has 0 aliphatic heterocycles. The van der Waals surface area contributed by atoms with Crippen LogP contribution in [0, 0.1) is 5.92 Å². The van der Waals surface area contributed by atoms with E-state index in [2.05, 4.69) is 15.3 Å². The first-order valence-electron chi connectivity index (χ1n) is 7.58. The second-order valence-corrected chi connectivity index (χ2v) is 5.63. The van der Waals surface area contributed by atoms with Gasteiger partial charge in [-0.2, -0.15) is 4.98 Å². The number of rotatable bonds is 7. The molecular formula is C17H19N3O5. The predicted octanol–water partition coefficient (Wildman–Crippen LogP) is 2.47. The minimum Gasteiger partial charge on any atom is -0.481 e. The molecule has 25 heavy (non-hydrogen) atoms. The van der Waals surface area contributed by atoms with Crippen LogP contribution in [0.15, 0.2) is 30.5 Å². The highest BCUT2D eigenvalue weighted by atomic mass is 16.5. The van der Waals surface area contributed by atoms with Crippen LogP contribution in [0.4, 0.5) is 5.82 Å². The Bertz CT molecular complexity index is 759. The van der Waals surface area contributed by atoms with Crippen LogP contribution in [-0.2, 0) is 0 Å². The molecule has 0 saturated heterocycles. The number of carbonyl (C=O) groups is 2. The van der Waals surface area contributed by atoms with E-state index in [1.807, 2.05) is 13.8 Å². The van der Waals surface area contributed by atoms with E-state index < -0.39 is 11.9 Å². The Morgan fingerprint density at radius 2 is 1.92 bits per heavy atom. The fraction of sp³-hybridized carbons (Fsp3) is 0.294. The maximum absolute atomic E-state index is 12.4. The summed E-state index contributed by atoms with van der Waals surface area (Å²) in [6.45, 7) is 4.46. The monoisotopic (exact) mass is 345 g/mol. The molecule has 2 N–H and O–H groups in total.